The molecule has 0 unspecified atom stereocenters. The fourth-order valence-electron chi connectivity index (χ4n) is 2.46. The SMILES string of the molecule is CC1(C)CCC(C(=O)Cc2ccsc2)CC1. The van der Waals surface area contributed by atoms with E-state index in [0.29, 0.717) is 23.5 Å². The Balaban J connectivity index is 1.87. The molecule has 88 valence electrons. The standard InChI is InChI=1S/C14H20OS/c1-14(2)6-3-12(4-7-14)13(15)9-11-5-8-16-10-11/h5,8,10,12H,3-4,6-7,9H2,1-2H3. The second-order valence-electron chi connectivity index (χ2n) is 5.71. The molecule has 0 bridgehead atoms. The molecule has 0 amide bonds. The van der Waals surface area contributed by atoms with Gasteiger partial charge in [0.15, 0.2) is 0 Å². The van der Waals surface area contributed by atoms with E-state index in [1.54, 1.807) is 11.3 Å². The first-order valence-electron chi connectivity index (χ1n) is 6.11. The number of hydrogen-bond donors (Lipinski definition) is 0. The van der Waals surface area contributed by atoms with Gasteiger partial charge in [-0.05, 0) is 53.5 Å². The van der Waals surface area contributed by atoms with Crippen LogP contribution in [0.4, 0.5) is 0 Å². The molecule has 0 aliphatic heterocycles. The molecule has 0 spiro atoms. The van der Waals surface area contributed by atoms with Crippen LogP contribution in [-0.2, 0) is 11.2 Å². The first kappa shape index (κ1) is 11.8. The molecule has 1 nitrogen and oxygen atoms in total. The maximum Gasteiger partial charge on any atom is 0.140 e. The van der Waals surface area contributed by atoms with E-state index in [1.807, 2.05) is 5.38 Å². The van der Waals surface area contributed by atoms with Gasteiger partial charge in [-0.1, -0.05) is 13.8 Å². The minimum atomic E-state index is 0.327. The molecule has 1 saturated carbocycles. The summed E-state index contributed by atoms with van der Waals surface area (Å²) in [5.74, 6) is 0.779. The molecule has 1 aliphatic rings. The Morgan fingerprint density at radius 3 is 2.69 bits per heavy atom. The van der Waals surface area contributed by atoms with Gasteiger partial charge in [0.1, 0.15) is 5.78 Å². The normalized spacial score (nSPS) is 20.9. The number of Topliss-reactive ketones (excluding diaryl/α,β-unsaturated/α-hetero) is 1. The minimum absolute atomic E-state index is 0.327. The quantitative estimate of drug-likeness (QED) is 0.773. The Bertz CT molecular complexity index is 341. The van der Waals surface area contributed by atoms with E-state index in [1.165, 1.54) is 18.4 Å². The Morgan fingerprint density at radius 2 is 2.12 bits per heavy atom. The van der Waals surface area contributed by atoms with Crippen molar-refractivity contribution in [1.29, 1.82) is 0 Å². The van der Waals surface area contributed by atoms with Crippen LogP contribution in [0, 0.1) is 11.3 Å². The highest BCUT2D eigenvalue weighted by molar-refractivity contribution is 7.07. The lowest BCUT2D eigenvalue weighted by Gasteiger charge is -2.33. The summed E-state index contributed by atoms with van der Waals surface area (Å²) in [6, 6.07) is 2.06. The van der Waals surface area contributed by atoms with Crippen LogP contribution in [-0.4, -0.2) is 5.78 Å². The molecule has 0 N–H and O–H groups in total. The maximum atomic E-state index is 12.1. The van der Waals surface area contributed by atoms with E-state index >= 15 is 0 Å². The lowest BCUT2D eigenvalue weighted by Crippen LogP contribution is -2.27. The fraction of sp³-hybridized carbons (Fsp3) is 0.643. The lowest BCUT2D eigenvalue weighted by molar-refractivity contribution is -0.123. The van der Waals surface area contributed by atoms with E-state index in [-0.39, 0.29) is 0 Å². The molecule has 0 aromatic carbocycles. The van der Waals surface area contributed by atoms with Crippen LogP contribution >= 0.6 is 11.3 Å². The summed E-state index contributed by atoms with van der Waals surface area (Å²) in [6.45, 7) is 4.62. The van der Waals surface area contributed by atoms with Gasteiger partial charge >= 0.3 is 0 Å². The third-order valence-corrected chi connectivity index (χ3v) is 4.48. The zero-order valence-corrected chi connectivity index (χ0v) is 11.0. The van der Waals surface area contributed by atoms with Gasteiger partial charge in [0.25, 0.3) is 0 Å². The molecule has 1 aromatic heterocycles. The monoisotopic (exact) mass is 236 g/mol. The second kappa shape index (κ2) is 4.70. The van der Waals surface area contributed by atoms with Gasteiger partial charge in [-0.2, -0.15) is 11.3 Å². The van der Waals surface area contributed by atoms with Crippen molar-refractivity contribution in [2.45, 2.75) is 46.0 Å². The minimum Gasteiger partial charge on any atom is -0.299 e. The summed E-state index contributed by atoms with van der Waals surface area (Å²) in [5.41, 5.74) is 1.65. The number of ketones is 1. The predicted molar refractivity (Wildman–Crippen MR) is 68.8 cm³/mol. The molecular weight excluding hydrogens is 216 g/mol. The number of carbonyl (C=O) groups is 1. The molecule has 1 aliphatic carbocycles. The number of thiophene rings is 1. The summed E-state index contributed by atoms with van der Waals surface area (Å²) in [5, 5.41) is 4.14. The van der Waals surface area contributed by atoms with Crippen molar-refractivity contribution in [3.8, 4) is 0 Å². The van der Waals surface area contributed by atoms with Crippen LogP contribution in [0.5, 0.6) is 0 Å². The van der Waals surface area contributed by atoms with Crippen molar-refractivity contribution in [2.75, 3.05) is 0 Å². The maximum absolute atomic E-state index is 12.1. The number of carbonyl (C=O) groups excluding carboxylic acids is 1. The van der Waals surface area contributed by atoms with Gasteiger partial charge in [-0.3, -0.25) is 4.79 Å². The van der Waals surface area contributed by atoms with Gasteiger partial charge < -0.3 is 0 Å². The average molecular weight is 236 g/mol. The summed E-state index contributed by atoms with van der Waals surface area (Å²) in [4.78, 5) is 12.1. The van der Waals surface area contributed by atoms with Crippen LogP contribution in [0.15, 0.2) is 16.8 Å². The summed E-state index contributed by atoms with van der Waals surface area (Å²) < 4.78 is 0. The summed E-state index contributed by atoms with van der Waals surface area (Å²) in [6.07, 6.45) is 5.24. The van der Waals surface area contributed by atoms with Crippen molar-refractivity contribution < 1.29 is 4.79 Å². The smallest absolute Gasteiger partial charge is 0.140 e. The predicted octanol–water partition coefficient (Wildman–Crippen LogP) is 4.08. The van der Waals surface area contributed by atoms with Crippen LogP contribution < -0.4 is 0 Å². The van der Waals surface area contributed by atoms with E-state index in [0.717, 1.165) is 12.8 Å². The van der Waals surface area contributed by atoms with Crippen molar-refractivity contribution in [3.05, 3.63) is 22.4 Å². The highest BCUT2D eigenvalue weighted by Crippen LogP contribution is 2.38. The Hall–Kier alpha value is -0.630. The van der Waals surface area contributed by atoms with Gasteiger partial charge in [-0.25, -0.2) is 0 Å². The van der Waals surface area contributed by atoms with Crippen LogP contribution in [0.25, 0.3) is 0 Å². The third-order valence-electron chi connectivity index (χ3n) is 3.75. The van der Waals surface area contributed by atoms with Crippen LogP contribution in [0.2, 0.25) is 0 Å². The molecule has 0 atom stereocenters. The zero-order valence-electron chi connectivity index (χ0n) is 10.2. The summed E-state index contributed by atoms with van der Waals surface area (Å²) in [7, 11) is 0. The van der Waals surface area contributed by atoms with Crippen molar-refractivity contribution >= 4 is 17.1 Å². The topological polar surface area (TPSA) is 17.1 Å². The second-order valence-corrected chi connectivity index (χ2v) is 6.49. The van der Waals surface area contributed by atoms with E-state index < -0.39 is 0 Å². The number of hydrogen-bond acceptors (Lipinski definition) is 2. The molecule has 0 saturated heterocycles. The van der Waals surface area contributed by atoms with Gasteiger partial charge in [0.2, 0.25) is 0 Å². The molecule has 2 rings (SSSR count). The molecule has 1 aromatic rings. The Labute approximate surface area is 102 Å². The summed E-state index contributed by atoms with van der Waals surface area (Å²) >= 11 is 1.68. The van der Waals surface area contributed by atoms with Gasteiger partial charge in [-0.15, -0.1) is 0 Å². The van der Waals surface area contributed by atoms with Gasteiger partial charge in [0, 0.05) is 12.3 Å². The highest BCUT2D eigenvalue weighted by atomic mass is 32.1. The first-order valence-corrected chi connectivity index (χ1v) is 7.05. The van der Waals surface area contributed by atoms with Crippen LogP contribution in [0.3, 0.4) is 0 Å². The Morgan fingerprint density at radius 1 is 1.44 bits per heavy atom. The third kappa shape index (κ3) is 2.94. The van der Waals surface area contributed by atoms with E-state index in [9.17, 15) is 4.79 Å². The fourth-order valence-corrected chi connectivity index (χ4v) is 3.13. The van der Waals surface area contributed by atoms with E-state index in [2.05, 4.69) is 25.3 Å². The molecule has 1 fully saturated rings. The average Bonchev–Trinajstić information content (AvgIpc) is 2.70. The molecule has 1 heterocycles. The van der Waals surface area contributed by atoms with Crippen molar-refractivity contribution in [2.24, 2.45) is 11.3 Å². The van der Waals surface area contributed by atoms with Crippen molar-refractivity contribution in [1.82, 2.24) is 0 Å². The van der Waals surface area contributed by atoms with Crippen LogP contribution in [0.1, 0.15) is 45.1 Å². The molecule has 16 heavy (non-hydrogen) atoms. The lowest BCUT2D eigenvalue weighted by atomic mass is 9.71. The zero-order chi connectivity index (χ0) is 11.6. The Kier molecular flexibility index (Phi) is 3.48. The van der Waals surface area contributed by atoms with Gasteiger partial charge in [0.05, 0.1) is 0 Å². The largest absolute Gasteiger partial charge is 0.299 e. The molecular formula is C14H20OS. The number of rotatable bonds is 3. The molecule has 0 radical (unpaired) electrons. The van der Waals surface area contributed by atoms with E-state index in [4.69, 9.17) is 0 Å². The van der Waals surface area contributed by atoms with Crippen molar-refractivity contribution in [3.63, 3.8) is 0 Å². The first-order chi connectivity index (χ1) is 7.57. The highest BCUT2D eigenvalue weighted by Gasteiger charge is 2.30. The molecule has 2 heteroatoms.